The molecule has 0 aliphatic carbocycles. The number of nitrogens with one attached hydrogen (secondary N) is 1. The van der Waals surface area contributed by atoms with Gasteiger partial charge < -0.3 is 10.1 Å². The number of H-pyrrole nitrogens is 1. The number of aromatic carboxylic acids is 1. The molecule has 1 rings (SSSR count). The van der Waals surface area contributed by atoms with Crippen LogP contribution in [0.4, 0.5) is 0 Å². The molecule has 0 radical (unpaired) electrons. The van der Waals surface area contributed by atoms with Gasteiger partial charge in [0.1, 0.15) is 5.69 Å². The van der Waals surface area contributed by atoms with Gasteiger partial charge >= 0.3 is 5.97 Å². The number of hydrogen-bond acceptors (Lipinski definition) is 1. The van der Waals surface area contributed by atoms with Crippen molar-refractivity contribution in [1.82, 2.24) is 4.98 Å². The highest BCUT2D eigenvalue weighted by Gasteiger charge is 2.16. The lowest BCUT2D eigenvalue weighted by Gasteiger charge is -2.09. The molecule has 78 valence electrons. The zero-order valence-corrected chi connectivity index (χ0v) is 9.09. The zero-order chi connectivity index (χ0) is 10.9. The Kier molecular flexibility index (Phi) is 2.99. The first kappa shape index (κ1) is 10.8. The summed E-state index contributed by atoms with van der Waals surface area (Å²) in [6.07, 6.45) is 0. The van der Waals surface area contributed by atoms with Crippen LogP contribution in [0.1, 0.15) is 61.3 Å². The molecule has 1 aromatic heterocycles. The number of carboxylic acid groups (broad SMARTS) is 1. The lowest BCUT2D eigenvalue weighted by molar-refractivity contribution is 0.0691. The van der Waals surface area contributed by atoms with Gasteiger partial charge in [-0.15, -0.1) is 0 Å². The first-order chi connectivity index (χ1) is 6.43. The second-order valence-corrected chi connectivity index (χ2v) is 4.17. The molecule has 0 amide bonds. The van der Waals surface area contributed by atoms with Crippen LogP contribution < -0.4 is 0 Å². The molecular formula is C11H17NO2. The highest BCUT2D eigenvalue weighted by atomic mass is 16.4. The summed E-state index contributed by atoms with van der Waals surface area (Å²) in [5.74, 6) is -0.198. The van der Waals surface area contributed by atoms with E-state index in [0.717, 1.165) is 11.3 Å². The molecule has 14 heavy (non-hydrogen) atoms. The van der Waals surface area contributed by atoms with Crippen molar-refractivity contribution in [3.63, 3.8) is 0 Å². The molecule has 3 nitrogen and oxygen atoms in total. The first-order valence-electron chi connectivity index (χ1n) is 4.89. The van der Waals surface area contributed by atoms with Crippen LogP contribution in [-0.4, -0.2) is 16.1 Å². The van der Waals surface area contributed by atoms with Gasteiger partial charge in [-0.05, 0) is 23.5 Å². The summed E-state index contributed by atoms with van der Waals surface area (Å²) < 4.78 is 0. The van der Waals surface area contributed by atoms with Crippen LogP contribution in [0, 0.1) is 0 Å². The molecule has 0 unspecified atom stereocenters. The average Bonchev–Trinajstić information content (AvgIpc) is 2.47. The van der Waals surface area contributed by atoms with Gasteiger partial charge in [-0.3, -0.25) is 0 Å². The Balaban J connectivity index is 3.19. The predicted molar refractivity (Wildman–Crippen MR) is 55.9 cm³/mol. The van der Waals surface area contributed by atoms with Crippen LogP contribution in [0.2, 0.25) is 0 Å². The maximum atomic E-state index is 10.8. The van der Waals surface area contributed by atoms with Crippen molar-refractivity contribution < 1.29 is 9.90 Å². The molecule has 0 aromatic carbocycles. The van der Waals surface area contributed by atoms with Crippen molar-refractivity contribution in [2.45, 2.75) is 39.5 Å². The van der Waals surface area contributed by atoms with Gasteiger partial charge in [0.15, 0.2) is 0 Å². The maximum Gasteiger partial charge on any atom is 0.352 e. The van der Waals surface area contributed by atoms with Gasteiger partial charge in [0.05, 0.1) is 0 Å². The fourth-order valence-corrected chi connectivity index (χ4v) is 1.56. The van der Waals surface area contributed by atoms with Gasteiger partial charge in [0.2, 0.25) is 0 Å². The first-order valence-corrected chi connectivity index (χ1v) is 4.89. The zero-order valence-electron chi connectivity index (χ0n) is 9.09. The minimum Gasteiger partial charge on any atom is -0.477 e. The van der Waals surface area contributed by atoms with E-state index >= 15 is 0 Å². The normalized spacial score (nSPS) is 11.3. The fraction of sp³-hybridized carbons (Fsp3) is 0.545. The maximum absolute atomic E-state index is 10.8. The topological polar surface area (TPSA) is 53.1 Å². The standard InChI is InChI=1S/C11H17NO2/c1-6(2)8-5-9(11(13)14)12-10(8)7(3)4/h5-7,12H,1-4H3,(H,13,14). The molecule has 2 N–H and O–H groups in total. The van der Waals surface area contributed by atoms with Crippen LogP contribution >= 0.6 is 0 Å². The number of hydrogen-bond donors (Lipinski definition) is 2. The molecule has 0 bridgehead atoms. The summed E-state index contributed by atoms with van der Waals surface area (Å²) >= 11 is 0. The van der Waals surface area contributed by atoms with Gasteiger partial charge in [-0.25, -0.2) is 4.79 Å². The SMILES string of the molecule is CC(C)c1cc(C(=O)O)[nH]c1C(C)C. The fourth-order valence-electron chi connectivity index (χ4n) is 1.56. The molecule has 0 atom stereocenters. The monoisotopic (exact) mass is 195 g/mol. The molecule has 0 saturated heterocycles. The van der Waals surface area contributed by atoms with E-state index in [2.05, 4.69) is 32.7 Å². The summed E-state index contributed by atoms with van der Waals surface area (Å²) in [7, 11) is 0. The molecule has 1 heterocycles. The lowest BCUT2D eigenvalue weighted by Crippen LogP contribution is -1.97. The summed E-state index contributed by atoms with van der Waals surface area (Å²) in [5.41, 5.74) is 2.44. The summed E-state index contributed by atoms with van der Waals surface area (Å²) in [6, 6.07) is 1.74. The molecule has 0 aliphatic rings. The van der Waals surface area contributed by atoms with E-state index in [0.29, 0.717) is 11.8 Å². The summed E-state index contributed by atoms with van der Waals surface area (Å²) in [5, 5.41) is 8.85. The number of rotatable bonds is 3. The third kappa shape index (κ3) is 1.97. The molecule has 0 saturated carbocycles. The highest BCUT2D eigenvalue weighted by Crippen LogP contribution is 2.26. The quantitative estimate of drug-likeness (QED) is 0.779. The van der Waals surface area contributed by atoms with E-state index < -0.39 is 5.97 Å². The van der Waals surface area contributed by atoms with Crippen molar-refractivity contribution >= 4 is 5.97 Å². The van der Waals surface area contributed by atoms with Crippen molar-refractivity contribution in [1.29, 1.82) is 0 Å². The van der Waals surface area contributed by atoms with E-state index in [1.165, 1.54) is 0 Å². The molecule has 0 spiro atoms. The number of carboxylic acids is 1. The van der Waals surface area contributed by atoms with Crippen molar-refractivity contribution in [2.75, 3.05) is 0 Å². The Morgan fingerprint density at radius 1 is 1.29 bits per heavy atom. The van der Waals surface area contributed by atoms with E-state index in [-0.39, 0.29) is 5.69 Å². The molecule has 0 fully saturated rings. The smallest absolute Gasteiger partial charge is 0.352 e. The number of carbonyl (C=O) groups is 1. The summed E-state index contributed by atoms with van der Waals surface area (Å²) in [6.45, 7) is 8.26. The Hall–Kier alpha value is -1.25. The van der Waals surface area contributed by atoms with Crippen molar-refractivity contribution in [2.24, 2.45) is 0 Å². The van der Waals surface area contributed by atoms with Crippen molar-refractivity contribution in [3.05, 3.63) is 23.0 Å². The van der Waals surface area contributed by atoms with Gasteiger partial charge in [-0.1, -0.05) is 27.7 Å². The Bertz CT molecular complexity index is 312. The molecule has 0 aliphatic heterocycles. The van der Waals surface area contributed by atoms with Crippen LogP contribution in [0.5, 0.6) is 0 Å². The molecule has 3 heteroatoms. The second kappa shape index (κ2) is 3.86. The molecular weight excluding hydrogens is 178 g/mol. The van der Waals surface area contributed by atoms with Crippen molar-refractivity contribution in [3.8, 4) is 0 Å². The summed E-state index contributed by atoms with van der Waals surface area (Å²) in [4.78, 5) is 13.7. The lowest BCUT2D eigenvalue weighted by atomic mass is 9.98. The second-order valence-electron chi connectivity index (χ2n) is 4.17. The van der Waals surface area contributed by atoms with E-state index in [9.17, 15) is 4.79 Å². The minimum absolute atomic E-state index is 0.289. The Morgan fingerprint density at radius 3 is 2.14 bits per heavy atom. The van der Waals surface area contributed by atoms with Crippen LogP contribution in [0.3, 0.4) is 0 Å². The minimum atomic E-state index is -0.890. The molecule has 1 aromatic rings. The van der Waals surface area contributed by atoms with Gasteiger partial charge in [0, 0.05) is 5.69 Å². The third-order valence-electron chi connectivity index (χ3n) is 2.31. The van der Waals surface area contributed by atoms with E-state index in [1.807, 2.05) is 0 Å². The van der Waals surface area contributed by atoms with Gasteiger partial charge in [-0.2, -0.15) is 0 Å². The van der Waals surface area contributed by atoms with Crippen LogP contribution in [0.25, 0.3) is 0 Å². The van der Waals surface area contributed by atoms with Crippen LogP contribution in [-0.2, 0) is 0 Å². The predicted octanol–water partition coefficient (Wildman–Crippen LogP) is 2.96. The Labute approximate surface area is 84.2 Å². The largest absolute Gasteiger partial charge is 0.477 e. The average molecular weight is 195 g/mol. The highest BCUT2D eigenvalue weighted by molar-refractivity contribution is 5.86. The van der Waals surface area contributed by atoms with Gasteiger partial charge in [0.25, 0.3) is 0 Å². The van der Waals surface area contributed by atoms with Crippen LogP contribution in [0.15, 0.2) is 6.07 Å². The Morgan fingerprint density at radius 2 is 1.86 bits per heavy atom. The van der Waals surface area contributed by atoms with E-state index in [4.69, 9.17) is 5.11 Å². The number of aromatic amines is 1. The third-order valence-corrected chi connectivity index (χ3v) is 2.31. The number of aromatic nitrogens is 1. The van der Waals surface area contributed by atoms with E-state index in [1.54, 1.807) is 6.07 Å².